The van der Waals surface area contributed by atoms with Gasteiger partial charge in [0.15, 0.2) is 11.7 Å². The van der Waals surface area contributed by atoms with Crippen LogP contribution in [-0.2, 0) is 14.4 Å². The summed E-state index contributed by atoms with van der Waals surface area (Å²) in [7, 11) is 0. The molecule has 1 aromatic carbocycles. The van der Waals surface area contributed by atoms with E-state index in [-0.39, 0.29) is 29.0 Å². The number of nitrogens with zero attached hydrogens (tertiary/aromatic N) is 1. The van der Waals surface area contributed by atoms with E-state index < -0.39 is 35.7 Å². The molecule has 1 atom stereocenters. The van der Waals surface area contributed by atoms with Gasteiger partial charge in [-0.15, -0.1) is 0 Å². The Morgan fingerprint density at radius 2 is 1.67 bits per heavy atom. The minimum atomic E-state index is -4.60. The number of fused-ring (bicyclic) bond motifs is 1. The summed E-state index contributed by atoms with van der Waals surface area (Å²) in [5.74, 6) is -2.96. The van der Waals surface area contributed by atoms with Gasteiger partial charge in [-0.25, -0.2) is 4.79 Å². The fourth-order valence-corrected chi connectivity index (χ4v) is 2.38. The second kappa shape index (κ2) is 5.30. The molecule has 0 bridgehead atoms. The van der Waals surface area contributed by atoms with Crippen molar-refractivity contribution in [2.24, 2.45) is 0 Å². The Bertz CT molecular complexity index is 691. The Hall–Kier alpha value is -2.42. The molecule has 1 aromatic rings. The lowest BCUT2D eigenvalue weighted by Crippen LogP contribution is -2.42. The average molecular weight is 343 g/mol. The summed E-state index contributed by atoms with van der Waals surface area (Å²) in [4.78, 5) is 40.6. The first-order valence-corrected chi connectivity index (χ1v) is 7.10. The van der Waals surface area contributed by atoms with Crippen LogP contribution in [0.1, 0.15) is 40.5 Å². The van der Waals surface area contributed by atoms with Gasteiger partial charge in [0.05, 0.1) is 11.1 Å². The fraction of sp³-hybridized carbons (Fsp3) is 0.400. The zero-order valence-corrected chi connectivity index (χ0v) is 12.4. The lowest BCUT2D eigenvalue weighted by atomic mass is 10.1. The Morgan fingerprint density at radius 3 is 2.08 bits per heavy atom. The SMILES string of the molecule is CC(OC1(C(F)(F)F)CC1)C(=O)ON1C(=O)c2ccccc2C1=O. The molecule has 6 nitrogen and oxygen atoms in total. The molecule has 2 aliphatic rings. The molecule has 0 N–H and O–H groups in total. The molecule has 9 heteroatoms. The van der Waals surface area contributed by atoms with Gasteiger partial charge in [-0.1, -0.05) is 17.2 Å². The molecule has 0 radical (unpaired) electrons. The molecule has 1 fully saturated rings. The van der Waals surface area contributed by atoms with Crippen molar-refractivity contribution in [1.29, 1.82) is 0 Å². The Morgan fingerprint density at radius 1 is 1.17 bits per heavy atom. The molecule has 0 saturated heterocycles. The average Bonchev–Trinajstić information content (AvgIpc) is 3.27. The quantitative estimate of drug-likeness (QED) is 0.784. The van der Waals surface area contributed by atoms with Crippen molar-refractivity contribution < 1.29 is 37.1 Å². The van der Waals surface area contributed by atoms with Crippen LogP contribution < -0.4 is 0 Å². The summed E-state index contributed by atoms with van der Waals surface area (Å²) in [6, 6.07) is 5.82. The van der Waals surface area contributed by atoms with Crippen LogP contribution in [0.4, 0.5) is 13.2 Å². The van der Waals surface area contributed by atoms with Crippen molar-refractivity contribution in [2.45, 2.75) is 37.6 Å². The molecule has 3 rings (SSSR count). The Kier molecular flexibility index (Phi) is 3.63. The molecule has 0 spiro atoms. The number of halogens is 3. The highest BCUT2D eigenvalue weighted by Gasteiger charge is 2.66. The molecular weight excluding hydrogens is 331 g/mol. The fourth-order valence-electron chi connectivity index (χ4n) is 2.38. The number of hydroxylamine groups is 2. The highest BCUT2D eigenvalue weighted by atomic mass is 19.4. The molecule has 1 heterocycles. The number of imide groups is 1. The van der Waals surface area contributed by atoms with Crippen molar-refractivity contribution in [3.8, 4) is 0 Å². The minimum absolute atomic E-state index is 0.0535. The second-order valence-corrected chi connectivity index (χ2v) is 5.61. The Balaban J connectivity index is 1.68. The van der Waals surface area contributed by atoms with Gasteiger partial charge in [-0.3, -0.25) is 9.59 Å². The highest BCUT2D eigenvalue weighted by Crippen LogP contribution is 2.52. The van der Waals surface area contributed by atoms with Crippen molar-refractivity contribution in [3.63, 3.8) is 0 Å². The van der Waals surface area contributed by atoms with E-state index in [0.717, 1.165) is 6.92 Å². The van der Waals surface area contributed by atoms with E-state index in [0.29, 0.717) is 0 Å². The lowest BCUT2D eigenvalue weighted by Gasteiger charge is -2.24. The van der Waals surface area contributed by atoms with Crippen LogP contribution in [0.3, 0.4) is 0 Å². The summed E-state index contributed by atoms with van der Waals surface area (Å²) in [6.07, 6.45) is -6.68. The predicted octanol–water partition coefficient (Wildman–Crippen LogP) is 2.24. The predicted molar refractivity (Wildman–Crippen MR) is 71.6 cm³/mol. The summed E-state index contributed by atoms with van der Waals surface area (Å²) in [6.45, 7) is 1.08. The molecule has 1 saturated carbocycles. The van der Waals surface area contributed by atoms with Gasteiger partial charge in [0, 0.05) is 0 Å². The molecule has 1 aliphatic carbocycles. The summed E-state index contributed by atoms with van der Waals surface area (Å²) < 4.78 is 43.3. The third-order valence-electron chi connectivity index (χ3n) is 3.89. The van der Waals surface area contributed by atoms with E-state index >= 15 is 0 Å². The van der Waals surface area contributed by atoms with Crippen molar-refractivity contribution in [3.05, 3.63) is 35.4 Å². The first-order valence-electron chi connectivity index (χ1n) is 7.10. The molecule has 0 aromatic heterocycles. The van der Waals surface area contributed by atoms with Crippen LogP contribution in [-0.4, -0.2) is 40.7 Å². The maximum atomic E-state index is 12.8. The normalized spacial score (nSPS) is 19.9. The van der Waals surface area contributed by atoms with Crippen molar-refractivity contribution >= 4 is 17.8 Å². The van der Waals surface area contributed by atoms with Crippen molar-refractivity contribution in [1.82, 2.24) is 5.06 Å². The number of hydrogen-bond donors (Lipinski definition) is 0. The largest absolute Gasteiger partial charge is 0.417 e. The van der Waals surface area contributed by atoms with E-state index in [4.69, 9.17) is 4.74 Å². The second-order valence-electron chi connectivity index (χ2n) is 5.61. The number of carbonyl (C=O) groups excluding carboxylic acids is 3. The molecule has 128 valence electrons. The number of rotatable bonds is 4. The van der Waals surface area contributed by atoms with E-state index in [1.165, 1.54) is 24.3 Å². The van der Waals surface area contributed by atoms with Crippen LogP contribution >= 0.6 is 0 Å². The zero-order chi connectivity index (χ0) is 17.7. The molecular formula is C15H12F3NO5. The van der Waals surface area contributed by atoms with Gasteiger partial charge in [0.1, 0.15) is 0 Å². The number of ether oxygens (including phenoxy) is 1. The minimum Gasteiger partial charge on any atom is -0.351 e. The highest BCUT2D eigenvalue weighted by molar-refractivity contribution is 6.20. The third kappa shape index (κ3) is 2.54. The van der Waals surface area contributed by atoms with Gasteiger partial charge in [0.2, 0.25) is 0 Å². The van der Waals surface area contributed by atoms with Crippen molar-refractivity contribution in [2.75, 3.05) is 0 Å². The molecule has 24 heavy (non-hydrogen) atoms. The van der Waals surface area contributed by atoms with Gasteiger partial charge in [0.25, 0.3) is 11.8 Å². The number of amides is 2. The number of alkyl halides is 3. The smallest absolute Gasteiger partial charge is 0.351 e. The number of hydrogen-bond acceptors (Lipinski definition) is 5. The van der Waals surface area contributed by atoms with Crippen LogP contribution in [0.5, 0.6) is 0 Å². The topological polar surface area (TPSA) is 72.9 Å². The van der Waals surface area contributed by atoms with Crippen LogP contribution in [0.15, 0.2) is 24.3 Å². The van der Waals surface area contributed by atoms with E-state index in [2.05, 4.69) is 4.84 Å². The van der Waals surface area contributed by atoms with Gasteiger partial charge >= 0.3 is 12.1 Å². The third-order valence-corrected chi connectivity index (χ3v) is 3.89. The monoisotopic (exact) mass is 343 g/mol. The molecule has 1 unspecified atom stereocenters. The lowest BCUT2D eigenvalue weighted by molar-refractivity contribution is -0.251. The standard InChI is InChI=1S/C15H12F3NO5/c1-8(23-14(6-7-14)15(16,17)18)13(22)24-19-11(20)9-4-2-3-5-10(9)12(19)21/h2-5,8H,6-7H2,1H3. The van der Waals surface area contributed by atoms with Gasteiger partial charge in [-0.2, -0.15) is 13.2 Å². The summed E-state index contributed by atoms with van der Waals surface area (Å²) >= 11 is 0. The first-order chi connectivity index (χ1) is 11.2. The van der Waals surface area contributed by atoms with E-state index in [1.54, 1.807) is 0 Å². The Labute approximate surface area is 134 Å². The molecule has 2 amide bonds. The first kappa shape index (κ1) is 16.4. The number of carbonyl (C=O) groups is 3. The maximum absolute atomic E-state index is 12.8. The van der Waals surface area contributed by atoms with Gasteiger partial charge < -0.3 is 9.57 Å². The molecule has 1 aliphatic heterocycles. The van der Waals surface area contributed by atoms with Crippen LogP contribution in [0.2, 0.25) is 0 Å². The number of benzene rings is 1. The van der Waals surface area contributed by atoms with E-state index in [9.17, 15) is 27.6 Å². The van der Waals surface area contributed by atoms with Crippen LogP contribution in [0.25, 0.3) is 0 Å². The van der Waals surface area contributed by atoms with E-state index in [1.807, 2.05) is 0 Å². The maximum Gasteiger partial charge on any atom is 0.417 e. The zero-order valence-electron chi connectivity index (χ0n) is 12.4. The summed E-state index contributed by atoms with van der Waals surface area (Å²) in [5, 5.41) is 0.236. The van der Waals surface area contributed by atoms with Crippen LogP contribution in [0, 0.1) is 0 Å². The summed E-state index contributed by atoms with van der Waals surface area (Å²) in [5.41, 5.74) is -2.25. The van der Waals surface area contributed by atoms with Gasteiger partial charge in [-0.05, 0) is 31.9 Å².